The van der Waals surface area contributed by atoms with Gasteiger partial charge in [0.2, 0.25) is 5.95 Å². The zero-order chi connectivity index (χ0) is 10.8. The Morgan fingerprint density at radius 3 is 2.93 bits per heavy atom. The van der Waals surface area contributed by atoms with Crippen LogP contribution in [0.25, 0.3) is 0 Å². The summed E-state index contributed by atoms with van der Waals surface area (Å²) in [5.41, 5.74) is 2.47. The second-order valence-electron chi connectivity index (χ2n) is 4.23. The van der Waals surface area contributed by atoms with Crippen molar-refractivity contribution in [3.8, 4) is 0 Å². The van der Waals surface area contributed by atoms with Crippen LogP contribution in [0.15, 0.2) is 6.20 Å². The second-order valence-corrected chi connectivity index (χ2v) is 4.23. The number of nitrogens with one attached hydrogen (secondary N) is 1. The topological polar surface area (TPSA) is 41.1 Å². The monoisotopic (exact) mass is 206 g/mol. The Labute approximate surface area is 90.7 Å². The van der Waals surface area contributed by atoms with Crippen molar-refractivity contribution in [2.24, 2.45) is 0 Å². The number of aromatic nitrogens is 2. The van der Waals surface area contributed by atoms with Gasteiger partial charge in [0.25, 0.3) is 0 Å². The molecule has 0 unspecified atom stereocenters. The summed E-state index contributed by atoms with van der Waals surface area (Å²) in [4.78, 5) is 11.2. The number of fused-ring (bicyclic) bond motifs is 1. The molecular weight excluding hydrogens is 188 g/mol. The molecule has 4 nitrogen and oxygen atoms in total. The molecule has 1 N–H and O–H groups in total. The first-order chi connectivity index (χ1) is 7.20. The highest BCUT2D eigenvalue weighted by Crippen LogP contribution is 2.18. The zero-order valence-electron chi connectivity index (χ0n) is 9.62. The fraction of sp³-hybridized carbons (Fsp3) is 0.636. The van der Waals surface area contributed by atoms with Crippen molar-refractivity contribution in [1.29, 1.82) is 0 Å². The van der Waals surface area contributed by atoms with E-state index in [2.05, 4.69) is 34.0 Å². The zero-order valence-corrected chi connectivity index (χ0v) is 9.62. The molecule has 0 fully saturated rings. The van der Waals surface area contributed by atoms with Crippen LogP contribution in [0.2, 0.25) is 0 Å². The Bertz CT molecular complexity index is 348. The molecule has 0 aromatic carbocycles. The molecule has 0 aliphatic carbocycles. The van der Waals surface area contributed by atoms with Gasteiger partial charge in [-0.25, -0.2) is 9.97 Å². The molecule has 2 heterocycles. The average molecular weight is 206 g/mol. The van der Waals surface area contributed by atoms with E-state index in [1.807, 2.05) is 13.2 Å². The van der Waals surface area contributed by atoms with E-state index in [0.29, 0.717) is 6.04 Å². The number of rotatable bonds is 2. The Hall–Kier alpha value is -1.16. The Morgan fingerprint density at radius 2 is 2.27 bits per heavy atom. The van der Waals surface area contributed by atoms with Crippen LogP contribution in [0.1, 0.15) is 25.1 Å². The number of nitrogens with zero attached hydrogens (tertiary/aromatic N) is 3. The largest absolute Gasteiger partial charge is 0.357 e. The third-order valence-electron chi connectivity index (χ3n) is 2.92. The maximum Gasteiger partial charge on any atom is 0.222 e. The minimum atomic E-state index is 0.599. The van der Waals surface area contributed by atoms with Crippen LogP contribution in [0.5, 0.6) is 0 Å². The van der Waals surface area contributed by atoms with E-state index in [-0.39, 0.29) is 0 Å². The molecule has 2 rings (SSSR count). The lowest BCUT2D eigenvalue weighted by atomic mass is 10.1. The van der Waals surface area contributed by atoms with E-state index in [9.17, 15) is 0 Å². The van der Waals surface area contributed by atoms with E-state index in [4.69, 9.17) is 0 Å². The highest BCUT2D eigenvalue weighted by atomic mass is 15.2. The molecule has 0 radical (unpaired) electrons. The van der Waals surface area contributed by atoms with Crippen LogP contribution >= 0.6 is 0 Å². The van der Waals surface area contributed by atoms with Crippen molar-refractivity contribution in [3.63, 3.8) is 0 Å². The van der Waals surface area contributed by atoms with Gasteiger partial charge in [0.15, 0.2) is 0 Å². The van der Waals surface area contributed by atoms with Gasteiger partial charge in [0.1, 0.15) is 0 Å². The smallest absolute Gasteiger partial charge is 0.222 e. The highest BCUT2D eigenvalue weighted by Gasteiger charge is 2.19. The lowest BCUT2D eigenvalue weighted by Gasteiger charge is -2.31. The molecule has 4 heteroatoms. The van der Waals surface area contributed by atoms with E-state index in [1.165, 1.54) is 11.3 Å². The van der Waals surface area contributed by atoms with Crippen molar-refractivity contribution < 1.29 is 0 Å². The molecule has 1 aromatic rings. The molecule has 0 spiro atoms. The van der Waals surface area contributed by atoms with Gasteiger partial charge < -0.3 is 5.32 Å². The quantitative estimate of drug-likeness (QED) is 0.791. The number of hydrogen-bond acceptors (Lipinski definition) is 4. The summed E-state index contributed by atoms with van der Waals surface area (Å²) < 4.78 is 0. The van der Waals surface area contributed by atoms with E-state index >= 15 is 0 Å². The standard InChI is InChI=1S/C11H18N4/c1-8(2)15-5-4-10-9(7-15)6-13-11(12-3)14-10/h6,8H,4-5,7H2,1-3H3,(H,12,13,14). The predicted molar refractivity (Wildman–Crippen MR) is 60.8 cm³/mol. The summed E-state index contributed by atoms with van der Waals surface area (Å²) in [5.74, 6) is 0.728. The first-order valence-corrected chi connectivity index (χ1v) is 5.47. The van der Waals surface area contributed by atoms with Gasteiger partial charge in [-0.2, -0.15) is 0 Å². The Balaban J connectivity index is 2.21. The lowest BCUT2D eigenvalue weighted by molar-refractivity contribution is 0.201. The van der Waals surface area contributed by atoms with Crippen molar-refractivity contribution in [1.82, 2.24) is 14.9 Å². The summed E-state index contributed by atoms with van der Waals surface area (Å²) >= 11 is 0. The molecule has 0 saturated heterocycles. The van der Waals surface area contributed by atoms with Crippen LogP contribution in [-0.4, -0.2) is 34.5 Å². The van der Waals surface area contributed by atoms with Crippen LogP contribution in [-0.2, 0) is 13.0 Å². The molecule has 0 atom stereocenters. The van der Waals surface area contributed by atoms with Crippen molar-refractivity contribution in [2.75, 3.05) is 18.9 Å². The average Bonchev–Trinajstić information content (AvgIpc) is 2.27. The summed E-state index contributed by atoms with van der Waals surface area (Å²) in [6, 6.07) is 0.599. The lowest BCUT2D eigenvalue weighted by Crippen LogP contribution is -2.36. The summed E-state index contributed by atoms with van der Waals surface area (Å²) in [6.45, 7) is 6.55. The summed E-state index contributed by atoms with van der Waals surface area (Å²) in [6.07, 6.45) is 2.98. The molecule has 1 aromatic heterocycles. The third-order valence-corrected chi connectivity index (χ3v) is 2.92. The van der Waals surface area contributed by atoms with Crippen molar-refractivity contribution in [2.45, 2.75) is 32.9 Å². The molecule has 82 valence electrons. The molecule has 0 bridgehead atoms. The van der Waals surface area contributed by atoms with Crippen molar-refractivity contribution in [3.05, 3.63) is 17.5 Å². The van der Waals surface area contributed by atoms with Gasteiger partial charge in [-0.05, 0) is 13.8 Å². The van der Waals surface area contributed by atoms with Gasteiger partial charge >= 0.3 is 0 Å². The maximum absolute atomic E-state index is 4.48. The Kier molecular flexibility index (Phi) is 2.86. The SMILES string of the molecule is CNc1ncc2c(n1)CCN(C(C)C)C2. The van der Waals surface area contributed by atoms with Gasteiger partial charge in [0, 0.05) is 44.4 Å². The van der Waals surface area contributed by atoms with Crippen LogP contribution < -0.4 is 5.32 Å². The fourth-order valence-electron chi connectivity index (χ4n) is 1.90. The molecule has 0 saturated carbocycles. The van der Waals surface area contributed by atoms with E-state index in [0.717, 1.165) is 25.5 Å². The molecule has 0 amide bonds. The van der Waals surface area contributed by atoms with E-state index in [1.54, 1.807) is 0 Å². The third kappa shape index (κ3) is 2.09. The summed E-state index contributed by atoms with van der Waals surface area (Å²) in [5, 5.41) is 2.98. The normalized spacial score (nSPS) is 16.5. The second kappa shape index (κ2) is 4.14. The van der Waals surface area contributed by atoms with Crippen LogP contribution in [0.4, 0.5) is 5.95 Å². The predicted octanol–water partition coefficient (Wildman–Crippen LogP) is 1.28. The first-order valence-electron chi connectivity index (χ1n) is 5.47. The fourth-order valence-corrected chi connectivity index (χ4v) is 1.90. The maximum atomic E-state index is 4.48. The number of hydrogen-bond donors (Lipinski definition) is 1. The molecule has 1 aliphatic rings. The first kappa shape index (κ1) is 10.4. The minimum Gasteiger partial charge on any atom is -0.357 e. The van der Waals surface area contributed by atoms with E-state index < -0.39 is 0 Å². The van der Waals surface area contributed by atoms with Gasteiger partial charge in [-0.3, -0.25) is 4.90 Å². The molecule has 1 aliphatic heterocycles. The van der Waals surface area contributed by atoms with Gasteiger partial charge in [-0.15, -0.1) is 0 Å². The van der Waals surface area contributed by atoms with Gasteiger partial charge in [-0.1, -0.05) is 0 Å². The van der Waals surface area contributed by atoms with Crippen molar-refractivity contribution >= 4 is 5.95 Å². The number of anilines is 1. The van der Waals surface area contributed by atoms with Gasteiger partial charge in [0.05, 0.1) is 5.69 Å². The minimum absolute atomic E-state index is 0.599. The van der Waals surface area contributed by atoms with Crippen LogP contribution in [0, 0.1) is 0 Å². The summed E-state index contributed by atoms with van der Waals surface area (Å²) in [7, 11) is 1.85. The Morgan fingerprint density at radius 1 is 1.47 bits per heavy atom. The molecular formula is C11H18N4. The highest BCUT2D eigenvalue weighted by molar-refractivity contribution is 5.30. The van der Waals surface area contributed by atoms with Crippen LogP contribution in [0.3, 0.4) is 0 Å². The molecule has 15 heavy (non-hydrogen) atoms.